The molecule has 8 nitrogen and oxygen atoms in total. The molecule has 1 aromatic heterocycles. The minimum absolute atomic E-state index is 0.109. The lowest BCUT2D eigenvalue weighted by molar-refractivity contribution is -0.384. The van der Waals surface area contributed by atoms with Gasteiger partial charge in [-0.3, -0.25) is 24.6 Å². The van der Waals surface area contributed by atoms with Crippen LogP contribution in [0.3, 0.4) is 0 Å². The van der Waals surface area contributed by atoms with Crippen LogP contribution in [0.25, 0.3) is 10.4 Å². The van der Waals surface area contributed by atoms with E-state index < -0.39 is 21.8 Å². The highest BCUT2D eigenvalue weighted by atomic mass is 32.2. The molecule has 0 fully saturated rings. The summed E-state index contributed by atoms with van der Waals surface area (Å²) < 4.78 is 17.2. The molecule has 0 spiro atoms. The molecule has 0 aliphatic rings. The number of nitro benzene ring substituents is 1. The van der Waals surface area contributed by atoms with Crippen molar-refractivity contribution < 1.29 is 18.7 Å². The molecule has 0 bridgehead atoms. The molecular formula is C17H12BN3O5S2. The number of carbonyl (C=O) groups excluding carboxylic acids is 1. The maximum Gasteiger partial charge on any atom is 0.417 e. The summed E-state index contributed by atoms with van der Waals surface area (Å²) in [6.45, 7) is 0. The summed E-state index contributed by atoms with van der Waals surface area (Å²) in [5.74, 6) is 0.152. The molecule has 1 N–H and O–H groups in total. The van der Waals surface area contributed by atoms with Crippen LogP contribution in [0.2, 0.25) is 0 Å². The zero-order valence-electron chi connectivity index (χ0n) is 14.4. The van der Waals surface area contributed by atoms with E-state index in [1.54, 1.807) is 24.4 Å². The first kappa shape index (κ1) is 19.7. The summed E-state index contributed by atoms with van der Waals surface area (Å²) in [6, 6.07) is 10.0. The number of non-ortho nitro benzene ring substituents is 1. The Morgan fingerprint density at radius 3 is 2.57 bits per heavy atom. The van der Waals surface area contributed by atoms with E-state index in [4.69, 9.17) is 12.6 Å². The standard InChI is InChI=1S/C17H12BN3O5S2/c1-28(25)15-8-10(2-7-13(15)14-9-19-16(18)27-14)20-17(22)26-12-5-3-11(4-6-12)21(23)24/h2-9H,1H3,(H,20,22). The van der Waals surface area contributed by atoms with Gasteiger partial charge in [0.15, 0.2) is 7.85 Å². The first-order chi connectivity index (χ1) is 13.3. The monoisotopic (exact) mass is 413 g/mol. The Morgan fingerprint density at radius 2 is 2.00 bits per heavy atom. The third-order valence-corrected chi connectivity index (χ3v) is 5.40. The highest BCUT2D eigenvalue weighted by molar-refractivity contribution is 7.84. The molecule has 1 heterocycles. The predicted molar refractivity (Wildman–Crippen MR) is 108 cm³/mol. The van der Waals surface area contributed by atoms with Crippen molar-refractivity contribution in [2.24, 2.45) is 0 Å². The maximum atomic E-state index is 12.1. The largest absolute Gasteiger partial charge is 0.417 e. The van der Waals surface area contributed by atoms with Gasteiger partial charge in [-0.1, -0.05) is 6.07 Å². The highest BCUT2D eigenvalue weighted by Crippen LogP contribution is 2.30. The normalized spacial score (nSPS) is 11.6. The lowest BCUT2D eigenvalue weighted by atomic mass is 10.2. The molecule has 1 amide bonds. The van der Waals surface area contributed by atoms with Gasteiger partial charge in [-0.25, -0.2) is 4.79 Å². The van der Waals surface area contributed by atoms with Crippen molar-refractivity contribution in [1.29, 1.82) is 0 Å². The van der Waals surface area contributed by atoms with Gasteiger partial charge in [0.25, 0.3) is 5.69 Å². The Morgan fingerprint density at radius 1 is 1.29 bits per heavy atom. The van der Waals surface area contributed by atoms with Gasteiger partial charge in [0.05, 0.1) is 20.6 Å². The number of thiazole rings is 1. The van der Waals surface area contributed by atoms with Crippen molar-refractivity contribution in [2.75, 3.05) is 11.6 Å². The number of benzene rings is 2. The second kappa shape index (κ2) is 8.32. The van der Waals surface area contributed by atoms with Crippen molar-refractivity contribution >= 4 is 52.4 Å². The molecule has 2 aromatic carbocycles. The first-order valence-corrected chi connectivity index (χ1v) is 10.1. The van der Waals surface area contributed by atoms with E-state index >= 15 is 0 Å². The Balaban J connectivity index is 1.76. The molecule has 0 saturated heterocycles. The fourth-order valence-corrected chi connectivity index (χ4v) is 3.91. The van der Waals surface area contributed by atoms with Crippen molar-refractivity contribution in [1.82, 2.24) is 4.98 Å². The van der Waals surface area contributed by atoms with Crippen molar-refractivity contribution in [3.05, 3.63) is 58.8 Å². The summed E-state index contributed by atoms with van der Waals surface area (Å²) in [4.78, 5) is 27.8. The van der Waals surface area contributed by atoms with E-state index in [9.17, 15) is 19.1 Å². The van der Waals surface area contributed by atoms with Crippen LogP contribution in [-0.2, 0) is 10.8 Å². The van der Waals surface area contributed by atoms with E-state index in [0.29, 0.717) is 21.1 Å². The number of carbonyl (C=O) groups is 1. The van der Waals surface area contributed by atoms with Gasteiger partial charge < -0.3 is 4.74 Å². The van der Waals surface area contributed by atoms with Crippen LogP contribution in [0, 0.1) is 10.1 Å². The molecular weight excluding hydrogens is 401 g/mol. The van der Waals surface area contributed by atoms with Gasteiger partial charge in [-0.05, 0) is 24.3 Å². The van der Waals surface area contributed by atoms with E-state index in [0.717, 1.165) is 4.88 Å². The molecule has 28 heavy (non-hydrogen) atoms. The molecule has 0 aliphatic carbocycles. The number of ether oxygens (including phenoxy) is 1. The zero-order chi connectivity index (χ0) is 20.3. The third kappa shape index (κ3) is 4.62. The second-order valence-corrected chi connectivity index (χ2v) is 7.90. The Labute approximate surface area is 167 Å². The number of nitro groups is 1. The molecule has 3 rings (SSSR count). The van der Waals surface area contributed by atoms with Crippen molar-refractivity contribution in [2.45, 2.75) is 4.90 Å². The van der Waals surface area contributed by atoms with Crippen LogP contribution >= 0.6 is 11.3 Å². The van der Waals surface area contributed by atoms with Gasteiger partial charge >= 0.3 is 6.09 Å². The molecule has 140 valence electrons. The molecule has 11 heteroatoms. The summed E-state index contributed by atoms with van der Waals surface area (Å²) in [6.07, 6.45) is 2.35. The van der Waals surface area contributed by atoms with Crippen LogP contribution in [0.1, 0.15) is 0 Å². The number of anilines is 1. The molecule has 0 saturated carbocycles. The number of aromatic nitrogens is 1. The minimum Gasteiger partial charge on any atom is -0.410 e. The van der Waals surface area contributed by atoms with Crippen LogP contribution in [0.5, 0.6) is 5.75 Å². The van der Waals surface area contributed by atoms with Crippen LogP contribution < -0.4 is 15.0 Å². The number of nitrogens with zero attached hydrogens (tertiary/aromatic N) is 2. The highest BCUT2D eigenvalue weighted by Gasteiger charge is 2.14. The average Bonchev–Trinajstić information content (AvgIpc) is 3.08. The van der Waals surface area contributed by atoms with Crippen molar-refractivity contribution in [3.8, 4) is 16.2 Å². The summed E-state index contributed by atoms with van der Waals surface area (Å²) >= 11 is 1.27. The number of rotatable bonds is 5. The third-order valence-electron chi connectivity index (χ3n) is 3.58. The Kier molecular flexibility index (Phi) is 5.86. The lowest BCUT2D eigenvalue weighted by Gasteiger charge is -2.10. The van der Waals surface area contributed by atoms with E-state index in [2.05, 4.69) is 10.3 Å². The number of hydrogen-bond donors (Lipinski definition) is 1. The van der Waals surface area contributed by atoms with E-state index in [-0.39, 0.29) is 11.4 Å². The SMILES string of the molecule is [B]c1ncc(-c2ccc(NC(=O)Oc3ccc([N+](=O)[O-])cc3)cc2S(C)=O)s1. The number of hydrogen-bond acceptors (Lipinski definition) is 7. The van der Waals surface area contributed by atoms with Gasteiger partial charge in [0, 0.05) is 45.6 Å². The van der Waals surface area contributed by atoms with Crippen molar-refractivity contribution in [3.63, 3.8) is 0 Å². The fourth-order valence-electron chi connectivity index (χ4n) is 2.34. The Bertz CT molecular complexity index is 1070. The minimum atomic E-state index is -1.32. The summed E-state index contributed by atoms with van der Waals surface area (Å²) in [5, 5.41) is 13.2. The van der Waals surface area contributed by atoms with E-state index in [1.165, 1.54) is 41.9 Å². The predicted octanol–water partition coefficient (Wildman–Crippen LogP) is 2.86. The molecule has 0 aliphatic heterocycles. The van der Waals surface area contributed by atoms with E-state index in [1.807, 2.05) is 0 Å². The number of nitrogens with one attached hydrogen (secondary N) is 1. The van der Waals surface area contributed by atoms with Gasteiger partial charge in [-0.15, -0.1) is 11.3 Å². The molecule has 1 atom stereocenters. The van der Waals surface area contributed by atoms with Crippen LogP contribution in [0.4, 0.5) is 16.2 Å². The average molecular weight is 413 g/mol. The zero-order valence-corrected chi connectivity index (χ0v) is 16.1. The quantitative estimate of drug-likeness (QED) is 0.391. The smallest absolute Gasteiger partial charge is 0.410 e. The maximum absolute atomic E-state index is 12.1. The van der Waals surface area contributed by atoms with Crippen LogP contribution in [0.15, 0.2) is 53.6 Å². The lowest BCUT2D eigenvalue weighted by Crippen LogP contribution is -2.16. The topological polar surface area (TPSA) is 111 Å². The van der Waals surface area contributed by atoms with Crippen LogP contribution in [-0.4, -0.2) is 34.3 Å². The first-order valence-electron chi connectivity index (χ1n) is 7.76. The van der Waals surface area contributed by atoms with Gasteiger partial charge in [-0.2, -0.15) is 0 Å². The summed E-state index contributed by atoms with van der Waals surface area (Å²) in [7, 11) is 4.34. The van der Waals surface area contributed by atoms with Gasteiger partial charge in [0.1, 0.15) is 5.75 Å². The fraction of sp³-hybridized carbons (Fsp3) is 0.0588. The molecule has 3 aromatic rings. The number of amides is 1. The molecule has 1 unspecified atom stereocenters. The second-order valence-electron chi connectivity index (χ2n) is 5.49. The summed E-state index contributed by atoms with van der Waals surface area (Å²) in [5.41, 5.74) is 0.991. The Hall–Kier alpha value is -3.05. The van der Waals surface area contributed by atoms with Gasteiger partial charge in [0.2, 0.25) is 0 Å². The molecule has 2 radical (unpaired) electrons.